The molecule has 8 heteroatoms. The zero-order valence-corrected chi connectivity index (χ0v) is 18.0. The number of nitrogens with zero attached hydrogens (tertiary/aromatic N) is 5. The molecule has 1 aliphatic heterocycles. The van der Waals surface area contributed by atoms with Crippen molar-refractivity contribution >= 4 is 54.9 Å². The molecule has 1 aromatic carbocycles. The summed E-state index contributed by atoms with van der Waals surface area (Å²) in [5, 5.41) is 12.4. The van der Waals surface area contributed by atoms with Crippen molar-refractivity contribution in [3.8, 4) is 0 Å². The van der Waals surface area contributed by atoms with Crippen LogP contribution in [0.25, 0.3) is 9.53 Å². The summed E-state index contributed by atoms with van der Waals surface area (Å²) in [6.45, 7) is 7.11. The first-order valence-electron chi connectivity index (χ1n) is 9.56. The Morgan fingerprint density at radius 3 is 2.66 bits per heavy atom. The van der Waals surface area contributed by atoms with Crippen molar-refractivity contribution in [3.63, 3.8) is 0 Å². The Morgan fingerprint density at radius 2 is 1.97 bits per heavy atom. The van der Waals surface area contributed by atoms with Crippen molar-refractivity contribution < 1.29 is 0 Å². The van der Waals surface area contributed by atoms with Crippen LogP contribution in [0, 0.1) is 0 Å². The van der Waals surface area contributed by atoms with Crippen molar-refractivity contribution in [1.29, 1.82) is 0 Å². The molecular formula is C21H22N6S2. The van der Waals surface area contributed by atoms with Crippen LogP contribution in [-0.4, -0.2) is 30.8 Å². The number of thiophene rings is 1. The molecule has 2 aromatic heterocycles. The highest BCUT2D eigenvalue weighted by atomic mass is 32.1. The van der Waals surface area contributed by atoms with Crippen molar-refractivity contribution in [2.45, 2.75) is 13.8 Å². The Morgan fingerprint density at radius 1 is 1.14 bits per heavy atom. The fourth-order valence-corrected chi connectivity index (χ4v) is 4.86. The summed E-state index contributed by atoms with van der Waals surface area (Å²) in [4.78, 5) is 13.4. The number of nitrogens with one attached hydrogen (secondary N) is 1. The van der Waals surface area contributed by atoms with Gasteiger partial charge in [0.25, 0.3) is 0 Å². The van der Waals surface area contributed by atoms with Gasteiger partial charge >= 0.3 is 0 Å². The fraction of sp³-hybridized carbons (Fsp3) is 0.238. The Balaban J connectivity index is 1.43. The zero-order chi connectivity index (χ0) is 20.1. The molecule has 0 fully saturated rings. The summed E-state index contributed by atoms with van der Waals surface area (Å²) in [6.07, 6.45) is 7.81. The van der Waals surface area contributed by atoms with E-state index in [4.69, 9.17) is 0 Å². The standard InChI is InChI=1S/C21H22N6S2/c1-3-27(4-2)17-7-5-16(6-8-17)25-26-21-24-20-19(29-21)13-18(28-20)14-23-15-9-11-22-12-10-15/h5-11,13-14,22H,3-4,12H2,1-2H3. The number of anilines is 1. The van der Waals surface area contributed by atoms with E-state index in [0.717, 1.165) is 45.4 Å². The number of allylic oxidation sites excluding steroid dienone is 1. The molecule has 0 saturated carbocycles. The molecule has 6 nitrogen and oxygen atoms in total. The van der Waals surface area contributed by atoms with E-state index in [1.165, 1.54) is 5.69 Å². The first-order valence-corrected chi connectivity index (χ1v) is 11.2. The van der Waals surface area contributed by atoms with Crippen LogP contribution in [0.2, 0.25) is 0 Å². The normalized spacial score (nSPS) is 14.1. The average Bonchev–Trinajstić information content (AvgIpc) is 3.32. The zero-order valence-electron chi connectivity index (χ0n) is 16.4. The van der Waals surface area contributed by atoms with Crippen LogP contribution < -0.4 is 10.2 Å². The topological polar surface area (TPSA) is 65.2 Å². The van der Waals surface area contributed by atoms with E-state index in [-0.39, 0.29) is 0 Å². The van der Waals surface area contributed by atoms with Gasteiger partial charge in [-0.3, -0.25) is 4.99 Å². The quantitative estimate of drug-likeness (QED) is 0.373. The number of fused-ring (bicyclic) bond motifs is 1. The lowest BCUT2D eigenvalue weighted by Gasteiger charge is -2.20. The number of hydrogen-bond donors (Lipinski definition) is 1. The van der Waals surface area contributed by atoms with E-state index in [9.17, 15) is 0 Å². The molecule has 3 aromatic rings. The molecule has 29 heavy (non-hydrogen) atoms. The predicted molar refractivity (Wildman–Crippen MR) is 124 cm³/mol. The Bertz CT molecular complexity index is 1050. The number of hydrogen-bond acceptors (Lipinski definition) is 8. The first kappa shape index (κ1) is 19.5. The van der Waals surface area contributed by atoms with Gasteiger partial charge in [0, 0.05) is 36.4 Å². The van der Waals surface area contributed by atoms with Crippen LogP contribution in [0.4, 0.5) is 16.5 Å². The van der Waals surface area contributed by atoms with Gasteiger partial charge in [-0.1, -0.05) is 11.3 Å². The van der Waals surface area contributed by atoms with Crippen LogP contribution in [0.1, 0.15) is 18.7 Å². The van der Waals surface area contributed by atoms with Gasteiger partial charge in [0.2, 0.25) is 5.13 Å². The smallest absolute Gasteiger partial charge is 0.231 e. The summed E-state index contributed by atoms with van der Waals surface area (Å²) < 4.78 is 1.11. The second-order valence-corrected chi connectivity index (χ2v) is 8.40. The molecule has 1 N–H and O–H groups in total. The number of thiazole rings is 1. The van der Waals surface area contributed by atoms with Gasteiger partial charge < -0.3 is 10.2 Å². The second kappa shape index (κ2) is 9.11. The van der Waals surface area contributed by atoms with Gasteiger partial charge in [-0.15, -0.1) is 21.6 Å². The lowest BCUT2D eigenvalue weighted by molar-refractivity contribution is 0.866. The minimum atomic E-state index is 0.673. The first-order chi connectivity index (χ1) is 14.2. The molecule has 0 atom stereocenters. The number of azo groups is 1. The van der Waals surface area contributed by atoms with Crippen LogP contribution in [-0.2, 0) is 0 Å². The second-order valence-electron chi connectivity index (χ2n) is 6.33. The summed E-state index contributed by atoms with van der Waals surface area (Å²) in [5.74, 6) is 0. The van der Waals surface area contributed by atoms with E-state index in [1.54, 1.807) is 22.7 Å². The molecule has 0 spiro atoms. The molecule has 0 unspecified atom stereocenters. The van der Waals surface area contributed by atoms with Gasteiger partial charge in [0.05, 0.1) is 16.1 Å². The van der Waals surface area contributed by atoms with E-state index >= 15 is 0 Å². The summed E-state index contributed by atoms with van der Waals surface area (Å²) >= 11 is 3.16. The number of aliphatic imine (C=N–C) groups is 1. The SMILES string of the molecule is CCN(CC)c1ccc(N=Nc2nc3sc(C=NC4=CCNC=C4)cc3s2)cc1. The molecular weight excluding hydrogens is 400 g/mol. The lowest BCUT2D eigenvalue weighted by atomic mass is 10.2. The van der Waals surface area contributed by atoms with Gasteiger partial charge in [-0.05, 0) is 62.5 Å². The van der Waals surface area contributed by atoms with Gasteiger partial charge in [0.1, 0.15) is 4.83 Å². The highest BCUT2D eigenvalue weighted by molar-refractivity contribution is 7.29. The third-order valence-electron chi connectivity index (χ3n) is 4.47. The minimum Gasteiger partial charge on any atom is -0.387 e. The van der Waals surface area contributed by atoms with Gasteiger partial charge in [-0.25, -0.2) is 4.98 Å². The molecule has 0 radical (unpaired) electrons. The van der Waals surface area contributed by atoms with E-state index in [2.05, 4.69) is 68.5 Å². The summed E-state index contributed by atoms with van der Waals surface area (Å²) in [7, 11) is 0. The highest BCUT2D eigenvalue weighted by Crippen LogP contribution is 2.34. The molecule has 0 bridgehead atoms. The molecule has 4 rings (SSSR count). The van der Waals surface area contributed by atoms with Crippen molar-refractivity contribution in [1.82, 2.24) is 10.3 Å². The van der Waals surface area contributed by atoms with Crippen LogP contribution >= 0.6 is 22.7 Å². The third-order valence-corrected chi connectivity index (χ3v) is 6.45. The summed E-state index contributed by atoms with van der Waals surface area (Å²) in [6, 6.07) is 10.3. The maximum absolute atomic E-state index is 4.58. The summed E-state index contributed by atoms with van der Waals surface area (Å²) in [5.41, 5.74) is 3.00. The molecule has 0 aliphatic carbocycles. The largest absolute Gasteiger partial charge is 0.387 e. The van der Waals surface area contributed by atoms with Gasteiger partial charge in [0.15, 0.2) is 0 Å². The van der Waals surface area contributed by atoms with E-state index in [1.807, 2.05) is 30.6 Å². The number of benzene rings is 1. The molecule has 3 heterocycles. The molecule has 148 valence electrons. The third kappa shape index (κ3) is 4.78. The molecule has 1 aliphatic rings. The van der Waals surface area contributed by atoms with Gasteiger partial charge in [-0.2, -0.15) is 0 Å². The predicted octanol–water partition coefficient (Wildman–Crippen LogP) is 6.04. The molecule has 0 amide bonds. The maximum atomic E-state index is 4.58. The van der Waals surface area contributed by atoms with E-state index in [0.29, 0.717) is 5.13 Å². The van der Waals surface area contributed by atoms with Crippen LogP contribution in [0.5, 0.6) is 0 Å². The van der Waals surface area contributed by atoms with Crippen molar-refractivity contribution in [2.75, 3.05) is 24.5 Å². The maximum Gasteiger partial charge on any atom is 0.231 e. The number of dihydropyridines is 1. The van der Waals surface area contributed by atoms with Crippen LogP contribution in [0.15, 0.2) is 69.6 Å². The Hall–Kier alpha value is -2.84. The van der Waals surface area contributed by atoms with Crippen LogP contribution in [0.3, 0.4) is 0 Å². The number of aromatic nitrogens is 1. The number of rotatable bonds is 7. The highest BCUT2D eigenvalue weighted by Gasteiger charge is 2.08. The van der Waals surface area contributed by atoms with Crippen molar-refractivity contribution in [2.24, 2.45) is 15.2 Å². The average molecular weight is 423 g/mol. The minimum absolute atomic E-state index is 0.673. The monoisotopic (exact) mass is 422 g/mol. The molecule has 0 saturated heterocycles. The fourth-order valence-electron chi connectivity index (χ4n) is 2.94. The Labute approximate surface area is 178 Å². The van der Waals surface area contributed by atoms with E-state index < -0.39 is 0 Å². The van der Waals surface area contributed by atoms with Crippen molar-refractivity contribution in [3.05, 3.63) is 59.3 Å². The lowest BCUT2D eigenvalue weighted by Crippen LogP contribution is -2.21. The Kier molecular flexibility index (Phi) is 6.12.